The number of piperidine rings is 1. The van der Waals surface area contributed by atoms with Gasteiger partial charge in [-0.15, -0.1) is 11.3 Å². The maximum Gasteiger partial charge on any atom is 0.188 e. The van der Waals surface area contributed by atoms with Gasteiger partial charge in [0.2, 0.25) is 0 Å². The first kappa shape index (κ1) is 24.0. The molecule has 0 bridgehead atoms. The van der Waals surface area contributed by atoms with E-state index in [9.17, 15) is 4.79 Å². The predicted octanol–water partition coefficient (Wildman–Crippen LogP) is 6.36. The van der Waals surface area contributed by atoms with Crippen molar-refractivity contribution >= 4 is 52.1 Å². The SMILES string of the molecule is O=CCN1CCC(c2csc(Nc3ncc(Sc4ccccn4)cc3Sc3ccccc3)n2)CC1. The zero-order valence-electron chi connectivity index (χ0n) is 19.0. The fraction of sp³-hybridized carbons (Fsp3) is 0.231. The molecule has 6 nitrogen and oxygen atoms in total. The first-order valence-corrected chi connectivity index (χ1v) is 14.0. The molecule has 0 amide bonds. The van der Waals surface area contributed by atoms with Crippen molar-refractivity contribution in [1.29, 1.82) is 0 Å². The van der Waals surface area contributed by atoms with E-state index >= 15 is 0 Å². The van der Waals surface area contributed by atoms with Gasteiger partial charge in [0.1, 0.15) is 17.1 Å². The molecule has 3 aromatic heterocycles. The Morgan fingerprint density at radius 1 is 1.03 bits per heavy atom. The summed E-state index contributed by atoms with van der Waals surface area (Å²) in [7, 11) is 0. The summed E-state index contributed by atoms with van der Waals surface area (Å²) < 4.78 is 0. The highest BCUT2D eigenvalue weighted by Gasteiger charge is 2.22. The number of rotatable bonds is 9. The predicted molar refractivity (Wildman–Crippen MR) is 143 cm³/mol. The Balaban J connectivity index is 1.33. The van der Waals surface area contributed by atoms with Gasteiger partial charge in [-0.05, 0) is 56.3 Å². The third kappa shape index (κ3) is 6.49. The lowest BCUT2D eigenvalue weighted by Gasteiger charge is -2.29. The largest absolute Gasteiger partial charge is 0.315 e. The van der Waals surface area contributed by atoms with Crippen molar-refractivity contribution in [2.75, 3.05) is 25.0 Å². The van der Waals surface area contributed by atoms with Crippen LogP contribution in [-0.2, 0) is 4.79 Å². The average Bonchev–Trinajstić information content (AvgIpc) is 3.36. The van der Waals surface area contributed by atoms with E-state index in [1.54, 1.807) is 41.1 Å². The quantitative estimate of drug-likeness (QED) is 0.256. The number of likely N-dealkylation sites (tertiary alicyclic amines) is 1. The highest BCUT2D eigenvalue weighted by molar-refractivity contribution is 8.00. The molecule has 1 aliphatic rings. The van der Waals surface area contributed by atoms with Crippen molar-refractivity contribution in [3.8, 4) is 0 Å². The number of nitrogens with zero attached hydrogens (tertiary/aromatic N) is 4. The van der Waals surface area contributed by atoms with Crippen LogP contribution in [0.3, 0.4) is 0 Å². The fourth-order valence-electron chi connectivity index (χ4n) is 3.95. The number of nitrogens with one attached hydrogen (secondary N) is 1. The monoisotopic (exact) mass is 519 g/mol. The molecular weight excluding hydrogens is 495 g/mol. The van der Waals surface area contributed by atoms with E-state index in [2.05, 4.69) is 38.8 Å². The first-order chi connectivity index (χ1) is 17.3. The van der Waals surface area contributed by atoms with Crippen molar-refractivity contribution in [2.45, 2.75) is 38.5 Å². The molecule has 0 aliphatic carbocycles. The van der Waals surface area contributed by atoms with Crippen LogP contribution in [0.5, 0.6) is 0 Å². The molecule has 35 heavy (non-hydrogen) atoms. The number of aromatic nitrogens is 3. The molecule has 0 atom stereocenters. The Morgan fingerprint density at radius 2 is 1.86 bits per heavy atom. The van der Waals surface area contributed by atoms with Gasteiger partial charge in [-0.25, -0.2) is 15.0 Å². The highest BCUT2D eigenvalue weighted by atomic mass is 32.2. The van der Waals surface area contributed by atoms with E-state index in [-0.39, 0.29) is 0 Å². The third-order valence-corrected chi connectivity index (χ3v) is 8.47. The Labute approximate surface area is 217 Å². The first-order valence-electron chi connectivity index (χ1n) is 11.5. The van der Waals surface area contributed by atoms with E-state index in [1.165, 1.54) is 0 Å². The molecule has 178 valence electrons. The fourth-order valence-corrected chi connectivity index (χ4v) is 6.53. The summed E-state index contributed by atoms with van der Waals surface area (Å²) in [4.78, 5) is 30.3. The van der Waals surface area contributed by atoms with E-state index in [4.69, 9.17) is 9.97 Å². The van der Waals surface area contributed by atoms with E-state index in [1.807, 2.05) is 42.6 Å². The molecule has 0 unspecified atom stereocenters. The summed E-state index contributed by atoms with van der Waals surface area (Å²) in [6.45, 7) is 2.41. The van der Waals surface area contributed by atoms with Crippen molar-refractivity contribution in [3.05, 3.63) is 78.1 Å². The molecule has 0 radical (unpaired) electrons. The van der Waals surface area contributed by atoms with Crippen molar-refractivity contribution in [3.63, 3.8) is 0 Å². The number of hydrogen-bond donors (Lipinski definition) is 1. The molecule has 1 saturated heterocycles. The maximum absolute atomic E-state index is 10.8. The van der Waals surface area contributed by atoms with Gasteiger partial charge in [-0.3, -0.25) is 4.90 Å². The molecule has 1 aromatic carbocycles. The summed E-state index contributed by atoms with van der Waals surface area (Å²) in [6, 6.07) is 18.4. The number of anilines is 2. The zero-order valence-corrected chi connectivity index (χ0v) is 21.5. The van der Waals surface area contributed by atoms with Crippen LogP contribution in [-0.4, -0.2) is 45.8 Å². The second-order valence-corrected chi connectivity index (χ2v) is 11.2. The van der Waals surface area contributed by atoms with Crippen LogP contribution in [0.1, 0.15) is 24.5 Å². The minimum absolute atomic E-state index is 0.438. The molecule has 1 fully saturated rings. The zero-order chi connectivity index (χ0) is 23.9. The molecule has 5 rings (SSSR count). The van der Waals surface area contributed by atoms with Crippen molar-refractivity contribution < 1.29 is 4.79 Å². The number of pyridine rings is 2. The summed E-state index contributed by atoms with van der Waals surface area (Å²) in [5.41, 5.74) is 1.13. The van der Waals surface area contributed by atoms with Gasteiger partial charge in [0.05, 0.1) is 17.1 Å². The maximum atomic E-state index is 10.8. The number of carbonyl (C=O) groups is 1. The van der Waals surface area contributed by atoms with Crippen LogP contribution in [0, 0.1) is 0 Å². The summed E-state index contributed by atoms with van der Waals surface area (Å²) in [5.74, 6) is 1.24. The molecule has 1 aliphatic heterocycles. The van der Waals surface area contributed by atoms with Crippen LogP contribution in [0.2, 0.25) is 0 Å². The van der Waals surface area contributed by atoms with Crippen molar-refractivity contribution in [1.82, 2.24) is 19.9 Å². The van der Waals surface area contributed by atoms with Gasteiger partial charge in [-0.2, -0.15) is 0 Å². The number of hydrogen-bond acceptors (Lipinski definition) is 9. The third-order valence-electron chi connectivity index (χ3n) is 5.74. The summed E-state index contributed by atoms with van der Waals surface area (Å²) >= 11 is 4.90. The Morgan fingerprint density at radius 3 is 2.63 bits per heavy atom. The van der Waals surface area contributed by atoms with Crippen LogP contribution in [0.25, 0.3) is 0 Å². The van der Waals surface area contributed by atoms with Gasteiger partial charge in [0.15, 0.2) is 5.13 Å². The van der Waals surface area contributed by atoms with Crippen molar-refractivity contribution in [2.24, 2.45) is 0 Å². The number of benzene rings is 1. The van der Waals surface area contributed by atoms with Crippen LogP contribution >= 0.6 is 34.9 Å². The van der Waals surface area contributed by atoms with Crippen LogP contribution < -0.4 is 5.32 Å². The van der Waals surface area contributed by atoms with Gasteiger partial charge < -0.3 is 10.1 Å². The van der Waals surface area contributed by atoms with E-state index < -0.39 is 0 Å². The summed E-state index contributed by atoms with van der Waals surface area (Å²) in [6.07, 6.45) is 6.74. The van der Waals surface area contributed by atoms with E-state index in [0.29, 0.717) is 12.5 Å². The van der Waals surface area contributed by atoms with Gasteiger partial charge in [-0.1, -0.05) is 47.8 Å². The lowest BCUT2D eigenvalue weighted by molar-refractivity contribution is -0.109. The molecule has 4 heterocycles. The average molecular weight is 520 g/mol. The van der Waals surface area contributed by atoms with E-state index in [0.717, 1.165) is 68.6 Å². The smallest absolute Gasteiger partial charge is 0.188 e. The van der Waals surface area contributed by atoms with Gasteiger partial charge in [0, 0.05) is 33.5 Å². The highest BCUT2D eigenvalue weighted by Crippen LogP contribution is 2.38. The minimum atomic E-state index is 0.438. The number of aldehydes is 1. The standard InChI is InChI=1S/C26H25N5OS3/c32-15-14-31-12-9-19(10-13-31)22-18-33-26(29-22)30-25-23(34-20-6-2-1-3-7-20)16-21(17-28-25)35-24-8-4-5-11-27-24/h1-8,11,15-19H,9-10,12-14H2,(H,28,29,30). The molecule has 4 aromatic rings. The normalized spacial score (nSPS) is 14.6. The minimum Gasteiger partial charge on any atom is -0.315 e. The lowest BCUT2D eigenvalue weighted by Crippen LogP contribution is -2.34. The van der Waals surface area contributed by atoms with Crippen LogP contribution in [0.15, 0.2) is 92.1 Å². The van der Waals surface area contributed by atoms with Crippen LogP contribution in [0.4, 0.5) is 10.9 Å². The van der Waals surface area contributed by atoms with Gasteiger partial charge >= 0.3 is 0 Å². The topological polar surface area (TPSA) is 71.0 Å². The van der Waals surface area contributed by atoms with Gasteiger partial charge in [0.25, 0.3) is 0 Å². The molecule has 9 heteroatoms. The molecular formula is C26H25N5OS3. The Kier molecular flexibility index (Phi) is 8.10. The molecule has 1 N–H and O–H groups in total. The number of carbonyl (C=O) groups excluding carboxylic acids is 1. The second-order valence-electron chi connectivity index (χ2n) is 8.15. The molecule has 0 spiro atoms. The lowest BCUT2D eigenvalue weighted by atomic mass is 9.94. The second kappa shape index (κ2) is 11.8. The number of thiazole rings is 1. The Bertz CT molecular complexity index is 1240. The summed E-state index contributed by atoms with van der Waals surface area (Å²) in [5, 5.41) is 7.41. The Hall–Kier alpha value is -2.72. The molecule has 0 saturated carbocycles.